The highest BCUT2D eigenvalue weighted by Gasteiger charge is 2.20. The molecule has 0 N–H and O–H groups in total. The first-order valence-corrected chi connectivity index (χ1v) is 10.4. The quantitative estimate of drug-likeness (QED) is 0.319. The van der Waals surface area contributed by atoms with Crippen LogP contribution in [0.4, 0.5) is 4.39 Å². The molecule has 0 aliphatic heterocycles. The summed E-state index contributed by atoms with van der Waals surface area (Å²) in [6, 6.07) is 12.7. The van der Waals surface area contributed by atoms with Crippen LogP contribution in [0, 0.1) is 5.82 Å². The normalized spacial score (nSPS) is 12.4. The summed E-state index contributed by atoms with van der Waals surface area (Å²) in [7, 11) is 3.97. The standard InChI is InChI=1S/C22H24FN3O2S/c1-15(20(27)16-9-11-17(23)12-10-16)29-22-24-19-8-5-4-7-18(19)21(28)26(22)14-6-13-25(2)3/h4-5,7-12,15H,6,13-14H2,1-3H3/t15-/m0/s1. The fourth-order valence-corrected chi connectivity index (χ4v) is 4.05. The minimum absolute atomic E-state index is 0.0988. The molecule has 0 saturated heterocycles. The van der Waals surface area contributed by atoms with Gasteiger partial charge in [-0.1, -0.05) is 23.9 Å². The zero-order valence-electron chi connectivity index (χ0n) is 16.8. The predicted octanol–water partition coefficient (Wildman–Crippen LogP) is 3.85. The van der Waals surface area contributed by atoms with E-state index >= 15 is 0 Å². The molecule has 0 aliphatic rings. The summed E-state index contributed by atoms with van der Waals surface area (Å²) in [6.07, 6.45) is 0.792. The van der Waals surface area contributed by atoms with E-state index in [0.29, 0.717) is 28.2 Å². The SMILES string of the molecule is C[C@H](Sc1nc2ccccc2c(=O)n1CCCN(C)C)C(=O)c1ccc(F)cc1. The van der Waals surface area contributed by atoms with Gasteiger partial charge < -0.3 is 4.90 Å². The number of para-hydroxylation sites is 1. The number of carbonyl (C=O) groups is 1. The molecule has 0 unspecified atom stereocenters. The van der Waals surface area contributed by atoms with Crippen molar-refractivity contribution in [3.63, 3.8) is 0 Å². The molecule has 0 amide bonds. The number of fused-ring (bicyclic) bond motifs is 1. The van der Waals surface area contributed by atoms with Crippen molar-refractivity contribution >= 4 is 28.4 Å². The van der Waals surface area contributed by atoms with Crippen LogP contribution < -0.4 is 5.56 Å². The van der Waals surface area contributed by atoms with Crippen molar-refractivity contribution in [3.8, 4) is 0 Å². The van der Waals surface area contributed by atoms with E-state index in [-0.39, 0.29) is 17.2 Å². The summed E-state index contributed by atoms with van der Waals surface area (Å²) < 4.78 is 14.8. The zero-order valence-corrected chi connectivity index (χ0v) is 17.6. The summed E-state index contributed by atoms with van der Waals surface area (Å²) in [5.74, 6) is -0.509. The third-order valence-electron chi connectivity index (χ3n) is 4.59. The van der Waals surface area contributed by atoms with Gasteiger partial charge in [-0.05, 0) is 70.4 Å². The molecule has 0 radical (unpaired) electrons. The Labute approximate surface area is 173 Å². The Bertz CT molecular complexity index is 1060. The molecule has 3 aromatic rings. The van der Waals surface area contributed by atoms with E-state index in [9.17, 15) is 14.0 Å². The van der Waals surface area contributed by atoms with Gasteiger partial charge in [-0.2, -0.15) is 0 Å². The molecule has 3 rings (SSSR count). The zero-order chi connectivity index (χ0) is 21.0. The fourth-order valence-electron chi connectivity index (χ4n) is 3.04. The average Bonchev–Trinajstić information content (AvgIpc) is 2.70. The Morgan fingerprint density at radius 2 is 1.86 bits per heavy atom. The van der Waals surface area contributed by atoms with Crippen molar-refractivity contribution in [2.45, 2.75) is 30.3 Å². The molecule has 1 aromatic heterocycles. The van der Waals surface area contributed by atoms with E-state index < -0.39 is 5.25 Å². The van der Waals surface area contributed by atoms with Gasteiger partial charge in [0.25, 0.3) is 5.56 Å². The lowest BCUT2D eigenvalue weighted by Crippen LogP contribution is -2.26. The van der Waals surface area contributed by atoms with Crippen molar-refractivity contribution < 1.29 is 9.18 Å². The molecule has 29 heavy (non-hydrogen) atoms. The predicted molar refractivity (Wildman–Crippen MR) is 115 cm³/mol. The number of rotatable bonds is 8. The first kappa shape index (κ1) is 21.2. The number of nitrogens with zero attached hydrogens (tertiary/aromatic N) is 3. The number of hydrogen-bond acceptors (Lipinski definition) is 5. The van der Waals surface area contributed by atoms with Crippen LogP contribution in [0.3, 0.4) is 0 Å². The van der Waals surface area contributed by atoms with Crippen molar-refractivity contribution in [3.05, 3.63) is 70.3 Å². The Balaban J connectivity index is 1.92. The molecular weight excluding hydrogens is 389 g/mol. The topological polar surface area (TPSA) is 55.2 Å². The molecule has 152 valence electrons. The fraction of sp³-hybridized carbons (Fsp3) is 0.318. The van der Waals surface area contributed by atoms with Crippen LogP contribution in [-0.4, -0.2) is 46.1 Å². The van der Waals surface area contributed by atoms with Crippen LogP contribution in [0.15, 0.2) is 58.5 Å². The molecule has 0 saturated carbocycles. The Hall–Kier alpha value is -2.51. The Morgan fingerprint density at radius 1 is 1.17 bits per heavy atom. The van der Waals surface area contributed by atoms with E-state index in [4.69, 9.17) is 0 Å². The van der Waals surface area contributed by atoms with Crippen molar-refractivity contribution in [2.24, 2.45) is 0 Å². The monoisotopic (exact) mass is 413 g/mol. The number of halogens is 1. The smallest absolute Gasteiger partial charge is 0.262 e. The lowest BCUT2D eigenvalue weighted by molar-refractivity contribution is 0.0993. The minimum atomic E-state index is -0.464. The van der Waals surface area contributed by atoms with Gasteiger partial charge in [-0.25, -0.2) is 9.37 Å². The highest BCUT2D eigenvalue weighted by atomic mass is 32.2. The van der Waals surface area contributed by atoms with Crippen LogP contribution in [-0.2, 0) is 6.54 Å². The molecule has 0 spiro atoms. The third kappa shape index (κ3) is 5.10. The minimum Gasteiger partial charge on any atom is -0.309 e. The van der Waals surface area contributed by atoms with Crippen LogP contribution in [0.1, 0.15) is 23.7 Å². The van der Waals surface area contributed by atoms with Gasteiger partial charge >= 0.3 is 0 Å². The van der Waals surface area contributed by atoms with Crippen molar-refractivity contribution in [2.75, 3.05) is 20.6 Å². The summed E-state index contributed by atoms with van der Waals surface area (Å²) in [5, 5.41) is 0.628. The van der Waals surface area contributed by atoms with Gasteiger partial charge in [-0.3, -0.25) is 14.2 Å². The van der Waals surface area contributed by atoms with Gasteiger partial charge in [-0.15, -0.1) is 0 Å². The molecule has 1 heterocycles. The van der Waals surface area contributed by atoms with Crippen LogP contribution >= 0.6 is 11.8 Å². The van der Waals surface area contributed by atoms with E-state index in [1.807, 2.05) is 26.2 Å². The third-order valence-corrected chi connectivity index (χ3v) is 5.68. The first-order valence-electron chi connectivity index (χ1n) is 9.47. The number of benzene rings is 2. The van der Waals surface area contributed by atoms with E-state index in [1.54, 1.807) is 23.6 Å². The molecule has 5 nitrogen and oxygen atoms in total. The van der Waals surface area contributed by atoms with E-state index in [1.165, 1.54) is 36.0 Å². The molecule has 0 aliphatic carbocycles. The highest BCUT2D eigenvalue weighted by molar-refractivity contribution is 8.00. The van der Waals surface area contributed by atoms with Gasteiger partial charge in [0.2, 0.25) is 0 Å². The van der Waals surface area contributed by atoms with E-state index in [0.717, 1.165) is 13.0 Å². The second kappa shape index (κ2) is 9.33. The van der Waals surface area contributed by atoms with Crippen LogP contribution in [0.5, 0.6) is 0 Å². The first-order chi connectivity index (χ1) is 13.9. The number of carbonyl (C=O) groups excluding carboxylic acids is 1. The van der Waals surface area contributed by atoms with Crippen LogP contribution in [0.25, 0.3) is 10.9 Å². The Kier molecular flexibility index (Phi) is 6.82. The van der Waals surface area contributed by atoms with Crippen molar-refractivity contribution in [1.82, 2.24) is 14.5 Å². The summed E-state index contributed by atoms with van der Waals surface area (Å²) in [4.78, 5) is 32.5. The molecule has 1 atom stereocenters. The maximum atomic E-state index is 13.2. The lowest BCUT2D eigenvalue weighted by atomic mass is 10.1. The maximum absolute atomic E-state index is 13.2. The lowest BCUT2D eigenvalue weighted by Gasteiger charge is -2.17. The van der Waals surface area contributed by atoms with Crippen molar-refractivity contribution in [1.29, 1.82) is 0 Å². The summed E-state index contributed by atoms with van der Waals surface area (Å²) >= 11 is 1.26. The summed E-state index contributed by atoms with van der Waals surface area (Å²) in [6.45, 7) is 3.14. The van der Waals surface area contributed by atoms with Gasteiger partial charge in [0.1, 0.15) is 5.82 Å². The van der Waals surface area contributed by atoms with Gasteiger partial charge in [0.15, 0.2) is 10.9 Å². The number of aromatic nitrogens is 2. The molecule has 2 aromatic carbocycles. The number of thioether (sulfide) groups is 1. The average molecular weight is 414 g/mol. The van der Waals surface area contributed by atoms with Gasteiger partial charge in [0, 0.05) is 12.1 Å². The number of Topliss-reactive ketones (excluding diaryl/α,β-unsaturated/α-hetero) is 1. The second-order valence-corrected chi connectivity index (χ2v) is 8.46. The highest BCUT2D eigenvalue weighted by Crippen LogP contribution is 2.25. The second-order valence-electron chi connectivity index (χ2n) is 7.16. The largest absolute Gasteiger partial charge is 0.309 e. The molecule has 0 fully saturated rings. The van der Waals surface area contributed by atoms with Crippen LogP contribution in [0.2, 0.25) is 0 Å². The number of hydrogen-bond donors (Lipinski definition) is 0. The van der Waals surface area contributed by atoms with Gasteiger partial charge in [0.05, 0.1) is 16.2 Å². The molecule has 0 bridgehead atoms. The maximum Gasteiger partial charge on any atom is 0.262 e. The van der Waals surface area contributed by atoms with E-state index in [2.05, 4.69) is 9.88 Å². The number of ketones is 1. The summed E-state index contributed by atoms with van der Waals surface area (Å²) in [5.41, 5.74) is 0.956. The molecular formula is C22H24FN3O2S. The molecule has 7 heteroatoms. The Morgan fingerprint density at radius 3 is 2.55 bits per heavy atom.